The summed E-state index contributed by atoms with van der Waals surface area (Å²) in [6.45, 7) is 17.7. The van der Waals surface area contributed by atoms with Crippen LogP contribution in [0.4, 0.5) is 0 Å². The van der Waals surface area contributed by atoms with Gasteiger partial charge in [-0.3, -0.25) is 14.8 Å². The molecule has 1 saturated carbocycles. The maximum Gasteiger partial charge on any atom is 0.191 e. The van der Waals surface area contributed by atoms with Crippen molar-refractivity contribution >= 4 is 5.96 Å². The molecular formula is C20H41N5. The first-order valence-corrected chi connectivity index (χ1v) is 10.5. The molecule has 25 heavy (non-hydrogen) atoms. The van der Waals surface area contributed by atoms with E-state index in [1.54, 1.807) is 0 Å². The van der Waals surface area contributed by atoms with Crippen LogP contribution in [0.1, 0.15) is 67.2 Å². The van der Waals surface area contributed by atoms with Gasteiger partial charge in [-0.2, -0.15) is 0 Å². The number of aliphatic imine (C=N–C) groups is 1. The van der Waals surface area contributed by atoms with E-state index < -0.39 is 0 Å². The van der Waals surface area contributed by atoms with Gasteiger partial charge in [0.1, 0.15) is 0 Å². The predicted molar refractivity (Wildman–Crippen MR) is 108 cm³/mol. The highest BCUT2D eigenvalue weighted by Gasteiger charge is 2.38. The molecule has 2 unspecified atom stereocenters. The molecule has 2 fully saturated rings. The van der Waals surface area contributed by atoms with Crippen LogP contribution >= 0.6 is 0 Å². The molecule has 1 heterocycles. The number of rotatable bonds is 9. The topological polar surface area (TPSA) is 42.9 Å². The average molecular weight is 352 g/mol. The van der Waals surface area contributed by atoms with E-state index in [0.717, 1.165) is 38.1 Å². The van der Waals surface area contributed by atoms with Gasteiger partial charge in [-0.25, -0.2) is 0 Å². The molecule has 0 amide bonds. The van der Waals surface area contributed by atoms with Gasteiger partial charge in [0.15, 0.2) is 5.96 Å². The lowest BCUT2D eigenvalue weighted by Gasteiger charge is -2.30. The minimum Gasteiger partial charge on any atom is -0.357 e. The van der Waals surface area contributed by atoms with E-state index in [9.17, 15) is 0 Å². The molecule has 2 atom stereocenters. The van der Waals surface area contributed by atoms with Crippen molar-refractivity contribution in [1.29, 1.82) is 0 Å². The zero-order valence-corrected chi connectivity index (χ0v) is 17.4. The molecule has 0 radical (unpaired) electrons. The summed E-state index contributed by atoms with van der Waals surface area (Å²) in [5.41, 5.74) is 0. The molecule has 1 saturated heterocycles. The first-order chi connectivity index (χ1) is 11.9. The van der Waals surface area contributed by atoms with E-state index in [0.29, 0.717) is 24.2 Å². The second-order valence-corrected chi connectivity index (χ2v) is 8.39. The Hall–Kier alpha value is -0.810. The van der Waals surface area contributed by atoms with Crippen molar-refractivity contribution < 1.29 is 0 Å². The van der Waals surface area contributed by atoms with Crippen molar-refractivity contribution in [2.75, 3.05) is 26.2 Å². The third-order valence-corrected chi connectivity index (χ3v) is 5.49. The number of likely N-dealkylation sites (tertiary alicyclic amines) is 1. The van der Waals surface area contributed by atoms with Crippen molar-refractivity contribution in [2.24, 2.45) is 4.99 Å². The fourth-order valence-corrected chi connectivity index (χ4v) is 4.15. The third-order valence-electron chi connectivity index (χ3n) is 5.49. The fraction of sp³-hybridized carbons (Fsp3) is 0.950. The zero-order valence-electron chi connectivity index (χ0n) is 17.4. The molecule has 5 heteroatoms. The first-order valence-electron chi connectivity index (χ1n) is 10.5. The normalized spacial score (nSPS) is 25.4. The summed E-state index contributed by atoms with van der Waals surface area (Å²) in [7, 11) is 0. The Balaban J connectivity index is 1.78. The maximum atomic E-state index is 4.83. The van der Waals surface area contributed by atoms with Gasteiger partial charge in [-0.1, -0.05) is 0 Å². The summed E-state index contributed by atoms with van der Waals surface area (Å²) in [5, 5.41) is 7.10. The van der Waals surface area contributed by atoms with E-state index in [4.69, 9.17) is 4.99 Å². The Morgan fingerprint density at radius 1 is 1.20 bits per heavy atom. The van der Waals surface area contributed by atoms with Crippen molar-refractivity contribution in [3.05, 3.63) is 0 Å². The first kappa shape index (κ1) is 20.5. The van der Waals surface area contributed by atoms with E-state index in [1.165, 1.54) is 25.8 Å². The van der Waals surface area contributed by atoms with Gasteiger partial charge in [-0.05, 0) is 67.2 Å². The van der Waals surface area contributed by atoms with Gasteiger partial charge in [0.25, 0.3) is 0 Å². The second kappa shape index (κ2) is 9.77. The van der Waals surface area contributed by atoms with Crippen molar-refractivity contribution in [3.8, 4) is 0 Å². The quantitative estimate of drug-likeness (QED) is 0.381. The molecule has 0 aromatic carbocycles. The highest BCUT2D eigenvalue weighted by atomic mass is 15.3. The summed E-state index contributed by atoms with van der Waals surface area (Å²) in [6, 6.07) is 3.31. The van der Waals surface area contributed by atoms with E-state index in [-0.39, 0.29) is 0 Å². The molecule has 2 N–H and O–H groups in total. The summed E-state index contributed by atoms with van der Waals surface area (Å²) in [6.07, 6.45) is 5.14. The lowest BCUT2D eigenvalue weighted by Crippen LogP contribution is -2.45. The Kier molecular flexibility index (Phi) is 8.01. The Morgan fingerprint density at radius 2 is 1.88 bits per heavy atom. The van der Waals surface area contributed by atoms with Crippen LogP contribution in [0.25, 0.3) is 0 Å². The summed E-state index contributed by atoms with van der Waals surface area (Å²) in [4.78, 5) is 10.1. The van der Waals surface area contributed by atoms with E-state index >= 15 is 0 Å². The van der Waals surface area contributed by atoms with Gasteiger partial charge in [0.05, 0.1) is 0 Å². The molecule has 146 valence electrons. The van der Waals surface area contributed by atoms with Crippen molar-refractivity contribution in [3.63, 3.8) is 0 Å². The lowest BCUT2D eigenvalue weighted by atomic mass is 10.2. The minimum absolute atomic E-state index is 0.538. The van der Waals surface area contributed by atoms with Crippen LogP contribution in [0.15, 0.2) is 4.99 Å². The van der Waals surface area contributed by atoms with Crippen LogP contribution in [0.5, 0.6) is 0 Å². The average Bonchev–Trinajstić information content (AvgIpc) is 3.30. The monoisotopic (exact) mass is 351 g/mol. The molecule has 2 rings (SSSR count). The Morgan fingerprint density at radius 3 is 2.44 bits per heavy atom. The van der Waals surface area contributed by atoms with E-state index in [2.05, 4.69) is 62.0 Å². The molecular weight excluding hydrogens is 310 g/mol. The largest absolute Gasteiger partial charge is 0.357 e. The SMILES string of the molecule is CCNC(=NCCCN(C(C)C)C(C)C)NC1CC(C)N(C2CC2)C1. The van der Waals surface area contributed by atoms with Gasteiger partial charge in [0, 0.05) is 56.4 Å². The highest BCUT2D eigenvalue weighted by molar-refractivity contribution is 5.80. The number of hydrogen-bond acceptors (Lipinski definition) is 3. The van der Waals surface area contributed by atoms with Crippen LogP contribution in [0.2, 0.25) is 0 Å². The molecule has 0 bridgehead atoms. The molecule has 1 aliphatic heterocycles. The Bertz CT molecular complexity index is 408. The van der Waals surface area contributed by atoms with Gasteiger partial charge in [-0.15, -0.1) is 0 Å². The van der Waals surface area contributed by atoms with Gasteiger partial charge < -0.3 is 10.6 Å². The van der Waals surface area contributed by atoms with Gasteiger partial charge in [0.2, 0.25) is 0 Å². The summed E-state index contributed by atoms with van der Waals surface area (Å²) in [5.74, 6) is 0.998. The molecule has 0 aromatic rings. The minimum atomic E-state index is 0.538. The third kappa shape index (κ3) is 6.45. The van der Waals surface area contributed by atoms with Crippen molar-refractivity contribution in [2.45, 2.75) is 97.4 Å². The maximum absolute atomic E-state index is 4.83. The standard InChI is InChI=1S/C20H41N5/c1-7-21-20(22-11-8-12-24(15(2)3)16(4)5)23-18-13-17(6)25(14-18)19-9-10-19/h15-19H,7-14H2,1-6H3,(H2,21,22,23). The van der Waals surface area contributed by atoms with Crippen LogP contribution in [0, 0.1) is 0 Å². The Labute approximate surface area is 155 Å². The number of nitrogens with zero attached hydrogens (tertiary/aromatic N) is 3. The molecule has 1 aliphatic carbocycles. The molecule has 2 aliphatic rings. The molecule has 0 spiro atoms. The van der Waals surface area contributed by atoms with E-state index in [1.807, 2.05) is 0 Å². The number of hydrogen-bond donors (Lipinski definition) is 2. The number of guanidine groups is 1. The van der Waals surface area contributed by atoms with Crippen LogP contribution < -0.4 is 10.6 Å². The molecule has 5 nitrogen and oxygen atoms in total. The summed E-state index contributed by atoms with van der Waals surface area (Å²) < 4.78 is 0. The summed E-state index contributed by atoms with van der Waals surface area (Å²) >= 11 is 0. The van der Waals surface area contributed by atoms with Crippen molar-refractivity contribution in [1.82, 2.24) is 20.4 Å². The predicted octanol–water partition coefficient (Wildman–Crippen LogP) is 2.68. The van der Waals surface area contributed by atoms with Crippen LogP contribution in [0.3, 0.4) is 0 Å². The molecule has 0 aromatic heterocycles. The smallest absolute Gasteiger partial charge is 0.191 e. The highest BCUT2D eigenvalue weighted by Crippen LogP contribution is 2.33. The zero-order chi connectivity index (χ0) is 18.4. The fourth-order valence-electron chi connectivity index (χ4n) is 4.15. The van der Waals surface area contributed by atoms with Crippen LogP contribution in [-0.2, 0) is 0 Å². The lowest BCUT2D eigenvalue weighted by molar-refractivity contribution is 0.174. The number of nitrogens with one attached hydrogen (secondary N) is 2. The second-order valence-electron chi connectivity index (χ2n) is 8.39. The van der Waals surface area contributed by atoms with Crippen LogP contribution in [-0.4, -0.2) is 72.1 Å². The van der Waals surface area contributed by atoms with Gasteiger partial charge >= 0.3 is 0 Å².